The number of para-hydroxylation sites is 1. The van der Waals surface area contributed by atoms with Crippen LogP contribution in [0.4, 0.5) is 17.1 Å². The molecule has 0 unspecified atom stereocenters. The maximum atomic E-state index is 13.5. The van der Waals surface area contributed by atoms with Gasteiger partial charge >= 0.3 is 11.9 Å². The van der Waals surface area contributed by atoms with E-state index in [2.05, 4.69) is 5.32 Å². The molecule has 0 heterocycles. The van der Waals surface area contributed by atoms with E-state index in [1.807, 2.05) is 48.5 Å². The van der Waals surface area contributed by atoms with E-state index >= 15 is 0 Å². The number of amides is 1. The van der Waals surface area contributed by atoms with Crippen molar-refractivity contribution in [2.24, 2.45) is 0 Å². The largest absolute Gasteiger partial charge is 0.457 e. The van der Waals surface area contributed by atoms with E-state index < -0.39 is 11.9 Å². The van der Waals surface area contributed by atoms with Crippen molar-refractivity contribution in [2.75, 3.05) is 16.8 Å². The summed E-state index contributed by atoms with van der Waals surface area (Å²) in [7, 11) is 0. The van der Waals surface area contributed by atoms with Crippen LogP contribution in [0.1, 0.15) is 58.1 Å². The molecule has 52 heavy (non-hydrogen) atoms. The molecule has 0 radical (unpaired) electrons. The van der Waals surface area contributed by atoms with Gasteiger partial charge in [0.25, 0.3) is 5.91 Å². The number of Topliss-reactive ketones (excluding diaryl/α,β-unsaturated/α-hetero) is 1. The van der Waals surface area contributed by atoms with Crippen molar-refractivity contribution in [3.63, 3.8) is 0 Å². The highest BCUT2D eigenvalue weighted by Gasteiger charge is 2.22. The molecule has 0 atom stereocenters. The van der Waals surface area contributed by atoms with Gasteiger partial charge in [0.05, 0.1) is 11.1 Å². The number of ether oxygens (including phenoxy) is 2. The zero-order valence-electron chi connectivity index (χ0n) is 28.1. The highest BCUT2D eigenvalue weighted by molar-refractivity contribution is 6.05. The lowest BCUT2D eigenvalue weighted by Gasteiger charge is -2.15. The maximum Gasteiger partial charge on any atom is 0.339 e. The standard InChI is InChI=1S/C43H35N3O6/c44-33-19-21-36(38(24-33)42(49)51-26-29-11-15-31(16-12-29)40(47)23-28-7-3-1-4-8-28)37-22-20-34(45)25-39(37)43(50)52-27-30-13-17-32(18-14-30)41(48)46-35-9-5-2-6-10-35/h1-22,24-25H,23,26-27,44-45H2,(H,46,48). The Labute approximate surface area is 300 Å². The predicted octanol–water partition coefficient (Wildman–Crippen LogP) is 7.91. The van der Waals surface area contributed by atoms with E-state index in [9.17, 15) is 19.2 Å². The third-order valence-corrected chi connectivity index (χ3v) is 8.29. The summed E-state index contributed by atoms with van der Waals surface area (Å²) in [6, 6.07) is 41.8. The zero-order chi connectivity index (χ0) is 36.5. The molecule has 9 heteroatoms. The number of nitrogens with two attached hydrogens (primary N) is 2. The van der Waals surface area contributed by atoms with Crippen molar-refractivity contribution in [2.45, 2.75) is 19.6 Å². The van der Waals surface area contributed by atoms with Crippen molar-refractivity contribution in [3.8, 4) is 11.1 Å². The summed E-state index contributed by atoms with van der Waals surface area (Å²) >= 11 is 0. The fraction of sp³-hybridized carbons (Fsp3) is 0.0698. The van der Waals surface area contributed by atoms with E-state index in [0.29, 0.717) is 50.4 Å². The molecule has 0 aliphatic carbocycles. The number of carbonyl (C=O) groups excluding carboxylic acids is 4. The SMILES string of the molecule is Nc1ccc(-c2ccc(N)cc2C(=O)OCc2ccc(C(=O)Nc3ccccc3)cc2)c(C(=O)OCc2ccc(C(=O)Cc3ccccc3)cc2)c1. The fourth-order valence-electron chi connectivity index (χ4n) is 5.53. The van der Waals surface area contributed by atoms with Crippen LogP contribution < -0.4 is 16.8 Å². The van der Waals surface area contributed by atoms with Crippen LogP contribution in [0.2, 0.25) is 0 Å². The average molecular weight is 690 g/mol. The number of anilines is 3. The van der Waals surface area contributed by atoms with Gasteiger partial charge in [-0.05, 0) is 76.3 Å². The Bertz CT molecular complexity index is 2060. The molecule has 0 aromatic heterocycles. The molecule has 6 aromatic rings. The number of nitrogen functional groups attached to an aromatic ring is 2. The lowest BCUT2D eigenvalue weighted by molar-refractivity contribution is 0.0462. The minimum Gasteiger partial charge on any atom is -0.457 e. The summed E-state index contributed by atoms with van der Waals surface area (Å²) in [6.07, 6.45) is 0.288. The third-order valence-electron chi connectivity index (χ3n) is 8.29. The molecule has 1 amide bonds. The number of hydrogen-bond donors (Lipinski definition) is 3. The molecule has 258 valence electrons. The smallest absolute Gasteiger partial charge is 0.339 e. The van der Waals surface area contributed by atoms with Crippen molar-refractivity contribution in [1.29, 1.82) is 0 Å². The second kappa shape index (κ2) is 16.1. The number of hydrogen-bond acceptors (Lipinski definition) is 8. The Morgan fingerprint density at radius 1 is 0.500 bits per heavy atom. The first-order valence-corrected chi connectivity index (χ1v) is 16.5. The first-order valence-electron chi connectivity index (χ1n) is 16.5. The van der Waals surface area contributed by atoms with E-state index in [-0.39, 0.29) is 42.5 Å². The Morgan fingerprint density at radius 3 is 1.46 bits per heavy atom. The quantitative estimate of drug-likeness (QED) is 0.0666. The first-order chi connectivity index (χ1) is 25.2. The minimum atomic E-state index is -0.661. The van der Waals surface area contributed by atoms with Crippen molar-refractivity contribution >= 4 is 40.7 Å². The van der Waals surface area contributed by atoms with Crippen molar-refractivity contribution in [3.05, 3.63) is 185 Å². The van der Waals surface area contributed by atoms with Crippen molar-refractivity contribution < 1.29 is 28.7 Å². The highest BCUT2D eigenvalue weighted by atomic mass is 16.5. The Balaban J connectivity index is 1.12. The molecule has 0 fully saturated rings. The summed E-state index contributed by atoms with van der Waals surface area (Å²) in [5, 5.41) is 2.83. The van der Waals surface area contributed by atoms with Gasteiger partial charge in [-0.3, -0.25) is 9.59 Å². The molecular weight excluding hydrogens is 654 g/mol. The maximum absolute atomic E-state index is 13.5. The zero-order valence-corrected chi connectivity index (χ0v) is 28.1. The molecule has 5 N–H and O–H groups in total. The first kappa shape index (κ1) is 34.8. The molecule has 0 saturated heterocycles. The number of rotatable bonds is 12. The van der Waals surface area contributed by atoms with Gasteiger partial charge in [0.15, 0.2) is 5.78 Å². The molecule has 0 bridgehead atoms. The normalized spacial score (nSPS) is 10.6. The molecule has 9 nitrogen and oxygen atoms in total. The number of carbonyl (C=O) groups is 4. The molecule has 0 spiro atoms. The molecule has 6 aromatic carbocycles. The van der Waals surface area contributed by atoms with E-state index in [1.54, 1.807) is 84.9 Å². The minimum absolute atomic E-state index is 0.0153. The summed E-state index contributed by atoms with van der Waals surface area (Å²) in [4.78, 5) is 52.3. The van der Waals surface area contributed by atoms with Gasteiger partial charge in [0, 0.05) is 34.6 Å². The monoisotopic (exact) mass is 689 g/mol. The highest BCUT2D eigenvalue weighted by Crippen LogP contribution is 2.32. The van der Waals surface area contributed by atoms with Gasteiger partial charge < -0.3 is 26.3 Å². The predicted molar refractivity (Wildman–Crippen MR) is 201 cm³/mol. The summed E-state index contributed by atoms with van der Waals surface area (Å²) in [6.45, 7) is -0.121. The van der Waals surface area contributed by atoms with Crippen LogP contribution in [0.3, 0.4) is 0 Å². The van der Waals surface area contributed by atoms with Crippen LogP contribution in [-0.2, 0) is 29.1 Å². The van der Waals surface area contributed by atoms with Crippen LogP contribution in [0.25, 0.3) is 11.1 Å². The third kappa shape index (κ3) is 8.77. The van der Waals surface area contributed by atoms with E-state index in [0.717, 1.165) is 5.56 Å². The number of nitrogens with one attached hydrogen (secondary N) is 1. The molecular formula is C43H35N3O6. The van der Waals surface area contributed by atoms with Gasteiger partial charge in [0.1, 0.15) is 13.2 Å². The van der Waals surface area contributed by atoms with Gasteiger partial charge in [0.2, 0.25) is 0 Å². The molecule has 6 rings (SSSR count). The van der Waals surface area contributed by atoms with E-state index in [1.165, 1.54) is 12.1 Å². The topological polar surface area (TPSA) is 151 Å². The van der Waals surface area contributed by atoms with Gasteiger partial charge in [-0.1, -0.05) is 97.1 Å². The average Bonchev–Trinajstić information content (AvgIpc) is 3.17. The van der Waals surface area contributed by atoms with Gasteiger partial charge in [-0.15, -0.1) is 0 Å². The van der Waals surface area contributed by atoms with E-state index in [4.69, 9.17) is 20.9 Å². The van der Waals surface area contributed by atoms with Crippen LogP contribution in [-0.4, -0.2) is 23.6 Å². The van der Waals surface area contributed by atoms with Crippen molar-refractivity contribution in [1.82, 2.24) is 0 Å². The van der Waals surface area contributed by atoms with Crippen LogP contribution >= 0.6 is 0 Å². The second-order valence-corrected chi connectivity index (χ2v) is 12.1. The van der Waals surface area contributed by atoms with Crippen LogP contribution in [0.15, 0.2) is 146 Å². The van der Waals surface area contributed by atoms with Gasteiger partial charge in [-0.2, -0.15) is 0 Å². The Kier molecular flexibility index (Phi) is 10.8. The second-order valence-electron chi connectivity index (χ2n) is 12.1. The fourth-order valence-corrected chi connectivity index (χ4v) is 5.53. The summed E-state index contributed by atoms with van der Waals surface area (Å²) < 4.78 is 11.3. The van der Waals surface area contributed by atoms with Gasteiger partial charge in [-0.25, -0.2) is 9.59 Å². The Hall–Kier alpha value is -7.00. The molecule has 0 aliphatic heterocycles. The molecule has 0 saturated carbocycles. The summed E-state index contributed by atoms with van der Waals surface area (Å²) in [5.41, 5.74) is 17.9. The van der Waals surface area contributed by atoms with Crippen LogP contribution in [0, 0.1) is 0 Å². The number of ketones is 1. The lowest BCUT2D eigenvalue weighted by Crippen LogP contribution is -2.12. The summed E-state index contributed by atoms with van der Waals surface area (Å²) in [5.74, 6) is -1.59. The number of benzene rings is 6. The Morgan fingerprint density at radius 2 is 0.962 bits per heavy atom. The number of esters is 2. The lowest BCUT2D eigenvalue weighted by atomic mass is 9.94. The molecule has 0 aliphatic rings. The van der Waals surface area contributed by atoms with Crippen LogP contribution in [0.5, 0.6) is 0 Å².